The number of nitrogens with zero attached hydrogens (tertiary/aromatic N) is 1. The van der Waals surface area contributed by atoms with Crippen LogP contribution in [0.5, 0.6) is 17.2 Å². The molecule has 2 aromatic carbocycles. The van der Waals surface area contributed by atoms with Gasteiger partial charge in [0.25, 0.3) is 0 Å². The third-order valence-electron chi connectivity index (χ3n) is 3.89. The molecular weight excluding hydrogens is 322 g/mol. The molecule has 0 saturated carbocycles. The predicted octanol–water partition coefficient (Wildman–Crippen LogP) is 1.55. The fourth-order valence-corrected chi connectivity index (χ4v) is 2.54. The molecule has 3 rings (SSSR count). The third kappa shape index (κ3) is 4.40. The first kappa shape index (κ1) is 17.1. The van der Waals surface area contributed by atoms with Gasteiger partial charge in [0.05, 0.1) is 17.1 Å². The third-order valence-corrected chi connectivity index (χ3v) is 3.89. The number of phenolic OH excluding ortho intramolecular Hbond substituents is 2. The van der Waals surface area contributed by atoms with Gasteiger partial charge >= 0.3 is 0 Å². The van der Waals surface area contributed by atoms with Gasteiger partial charge in [-0.1, -0.05) is 12.1 Å². The van der Waals surface area contributed by atoms with Gasteiger partial charge in [-0.25, -0.2) is 0 Å². The standard InChI is InChI=1S/C18H21N3O4/c22-13(9-19-7-6-12-4-5-16(23)17(24)8-12)11-25-18-3-1-2-15-14(18)10-20-21-15/h1-5,8,10,13,19,22-24H,6-7,9,11H2,(H,20,21). The Morgan fingerprint density at radius 2 is 2.04 bits per heavy atom. The van der Waals surface area contributed by atoms with Crippen LogP contribution in [0.1, 0.15) is 5.56 Å². The summed E-state index contributed by atoms with van der Waals surface area (Å²) in [6.07, 6.45) is 1.73. The van der Waals surface area contributed by atoms with E-state index >= 15 is 0 Å². The minimum atomic E-state index is -0.643. The Hall–Kier alpha value is -2.77. The highest BCUT2D eigenvalue weighted by molar-refractivity contribution is 5.84. The molecule has 1 heterocycles. The Labute approximate surface area is 144 Å². The van der Waals surface area contributed by atoms with Crippen LogP contribution in [0.3, 0.4) is 0 Å². The molecule has 0 aliphatic rings. The number of H-pyrrole nitrogens is 1. The number of benzene rings is 2. The molecule has 1 aromatic heterocycles. The summed E-state index contributed by atoms with van der Waals surface area (Å²) in [7, 11) is 0. The van der Waals surface area contributed by atoms with Crippen molar-refractivity contribution in [1.29, 1.82) is 0 Å². The summed E-state index contributed by atoms with van der Waals surface area (Å²) in [4.78, 5) is 0. The lowest BCUT2D eigenvalue weighted by Gasteiger charge is -2.14. The maximum atomic E-state index is 10.0. The fourth-order valence-electron chi connectivity index (χ4n) is 2.54. The minimum absolute atomic E-state index is 0.126. The van der Waals surface area contributed by atoms with Crippen molar-refractivity contribution < 1.29 is 20.1 Å². The lowest BCUT2D eigenvalue weighted by molar-refractivity contribution is 0.107. The van der Waals surface area contributed by atoms with Crippen molar-refractivity contribution in [2.75, 3.05) is 19.7 Å². The van der Waals surface area contributed by atoms with Crippen molar-refractivity contribution in [3.63, 3.8) is 0 Å². The zero-order chi connectivity index (χ0) is 17.6. The van der Waals surface area contributed by atoms with Gasteiger partial charge in [-0.3, -0.25) is 5.10 Å². The molecule has 25 heavy (non-hydrogen) atoms. The number of hydrogen-bond donors (Lipinski definition) is 5. The second-order valence-electron chi connectivity index (χ2n) is 5.83. The normalized spacial score (nSPS) is 12.4. The molecule has 3 aromatic rings. The highest BCUT2D eigenvalue weighted by atomic mass is 16.5. The van der Waals surface area contributed by atoms with Crippen LogP contribution in [-0.2, 0) is 6.42 Å². The summed E-state index contributed by atoms with van der Waals surface area (Å²) in [5.41, 5.74) is 1.79. The van der Waals surface area contributed by atoms with E-state index in [9.17, 15) is 15.3 Å². The van der Waals surface area contributed by atoms with E-state index in [0.29, 0.717) is 25.3 Å². The van der Waals surface area contributed by atoms with Crippen LogP contribution < -0.4 is 10.1 Å². The van der Waals surface area contributed by atoms with Crippen molar-refractivity contribution in [2.45, 2.75) is 12.5 Å². The van der Waals surface area contributed by atoms with Crippen molar-refractivity contribution in [1.82, 2.24) is 15.5 Å². The van der Waals surface area contributed by atoms with Crippen molar-refractivity contribution in [2.24, 2.45) is 0 Å². The average molecular weight is 343 g/mol. The molecule has 7 heteroatoms. The van der Waals surface area contributed by atoms with Crippen LogP contribution in [-0.4, -0.2) is 51.3 Å². The Morgan fingerprint density at radius 3 is 2.88 bits per heavy atom. The molecule has 132 valence electrons. The largest absolute Gasteiger partial charge is 0.504 e. The number of fused-ring (bicyclic) bond motifs is 1. The number of aliphatic hydroxyl groups is 1. The number of nitrogens with one attached hydrogen (secondary N) is 2. The molecule has 1 atom stereocenters. The first-order chi connectivity index (χ1) is 12.1. The summed E-state index contributed by atoms with van der Waals surface area (Å²) in [5.74, 6) is 0.432. The topological polar surface area (TPSA) is 111 Å². The number of hydrogen-bond acceptors (Lipinski definition) is 6. The Balaban J connectivity index is 1.40. The van der Waals surface area contributed by atoms with Gasteiger partial charge in [0.1, 0.15) is 18.5 Å². The van der Waals surface area contributed by atoms with Gasteiger partial charge in [0, 0.05) is 6.54 Å². The van der Waals surface area contributed by atoms with Crippen molar-refractivity contribution in [3.8, 4) is 17.2 Å². The maximum absolute atomic E-state index is 10.0. The van der Waals surface area contributed by atoms with Crippen LogP contribution in [0.4, 0.5) is 0 Å². The van der Waals surface area contributed by atoms with E-state index < -0.39 is 6.10 Å². The summed E-state index contributed by atoms with van der Waals surface area (Å²) >= 11 is 0. The highest BCUT2D eigenvalue weighted by Gasteiger charge is 2.08. The zero-order valence-corrected chi connectivity index (χ0v) is 13.6. The molecular formula is C18H21N3O4. The van der Waals surface area contributed by atoms with E-state index in [1.54, 1.807) is 12.3 Å². The molecule has 0 aliphatic heterocycles. The number of aliphatic hydroxyl groups excluding tert-OH is 1. The average Bonchev–Trinajstić information content (AvgIpc) is 3.09. The SMILES string of the molecule is Oc1ccc(CCNCC(O)COc2cccc3[nH]ncc23)cc1O. The molecule has 0 fully saturated rings. The second kappa shape index (κ2) is 7.87. The van der Waals surface area contributed by atoms with Crippen LogP contribution in [0.2, 0.25) is 0 Å². The monoisotopic (exact) mass is 343 g/mol. The number of rotatable bonds is 8. The van der Waals surface area contributed by atoms with E-state index in [2.05, 4.69) is 15.5 Å². The Morgan fingerprint density at radius 1 is 1.16 bits per heavy atom. The lowest BCUT2D eigenvalue weighted by atomic mass is 10.1. The Bertz CT molecular complexity index is 834. The summed E-state index contributed by atoms with van der Waals surface area (Å²) in [5, 5.41) is 39.6. The number of aromatic hydroxyl groups is 2. The van der Waals surface area contributed by atoms with Gasteiger partial charge in [-0.05, 0) is 42.8 Å². The smallest absolute Gasteiger partial charge is 0.157 e. The quantitative estimate of drug-likeness (QED) is 0.313. The molecule has 0 spiro atoms. The summed E-state index contributed by atoms with van der Waals surface area (Å²) < 4.78 is 5.67. The van der Waals surface area contributed by atoms with Crippen LogP contribution in [0, 0.1) is 0 Å². The van der Waals surface area contributed by atoms with Gasteiger partial charge in [0.2, 0.25) is 0 Å². The maximum Gasteiger partial charge on any atom is 0.157 e. The number of ether oxygens (including phenoxy) is 1. The molecule has 0 saturated heterocycles. The van der Waals surface area contributed by atoms with Gasteiger partial charge in [-0.15, -0.1) is 0 Å². The van der Waals surface area contributed by atoms with E-state index in [4.69, 9.17) is 4.74 Å². The molecule has 7 nitrogen and oxygen atoms in total. The van der Waals surface area contributed by atoms with Crippen LogP contribution in [0.25, 0.3) is 10.9 Å². The molecule has 5 N–H and O–H groups in total. The number of aromatic nitrogens is 2. The minimum Gasteiger partial charge on any atom is -0.504 e. The van der Waals surface area contributed by atoms with Gasteiger partial charge < -0.3 is 25.4 Å². The van der Waals surface area contributed by atoms with Crippen LogP contribution in [0.15, 0.2) is 42.6 Å². The van der Waals surface area contributed by atoms with Crippen molar-refractivity contribution in [3.05, 3.63) is 48.2 Å². The number of aromatic amines is 1. The van der Waals surface area contributed by atoms with Crippen molar-refractivity contribution >= 4 is 10.9 Å². The van der Waals surface area contributed by atoms with E-state index in [1.807, 2.05) is 18.2 Å². The molecule has 0 bridgehead atoms. The summed E-state index contributed by atoms with van der Waals surface area (Å²) in [6, 6.07) is 10.4. The Kier molecular flexibility index (Phi) is 5.37. The van der Waals surface area contributed by atoms with E-state index in [-0.39, 0.29) is 18.1 Å². The molecule has 0 aliphatic carbocycles. The first-order valence-electron chi connectivity index (χ1n) is 8.08. The fraction of sp³-hybridized carbons (Fsp3) is 0.278. The predicted molar refractivity (Wildman–Crippen MR) is 93.9 cm³/mol. The van der Waals surface area contributed by atoms with Gasteiger partial charge in [-0.2, -0.15) is 5.10 Å². The summed E-state index contributed by atoms with van der Waals surface area (Å²) in [6.45, 7) is 1.21. The highest BCUT2D eigenvalue weighted by Crippen LogP contribution is 2.25. The number of phenols is 2. The van der Waals surface area contributed by atoms with Crippen LogP contribution >= 0.6 is 0 Å². The molecule has 0 radical (unpaired) electrons. The van der Waals surface area contributed by atoms with E-state index in [0.717, 1.165) is 16.5 Å². The molecule has 0 amide bonds. The van der Waals surface area contributed by atoms with Gasteiger partial charge in [0.15, 0.2) is 11.5 Å². The van der Waals surface area contributed by atoms with E-state index in [1.165, 1.54) is 12.1 Å². The molecule has 1 unspecified atom stereocenters. The first-order valence-corrected chi connectivity index (χ1v) is 8.08. The second-order valence-corrected chi connectivity index (χ2v) is 5.83. The zero-order valence-electron chi connectivity index (χ0n) is 13.6. The lowest BCUT2D eigenvalue weighted by Crippen LogP contribution is -2.32.